The molecule has 0 fully saturated rings. The number of aryl methyl sites for hydroxylation is 1. The number of ether oxygens (including phenoxy) is 1. The maximum absolute atomic E-state index is 10.3. The van der Waals surface area contributed by atoms with Gasteiger partial charge in [0.15, 0.2) is 0 Å². The molecule has 0 spiro atoms. The van der Waals surface area contributed by atoms with E-state index in [1.165, 1.54) is 18.4 Å². The van der Waals surface area contributed by atoms with E-state index >= 15 is 0 Å². The van der Waals surface area contributed by atoms with Crippen LogP contribution in [0.5, 0.6) is 5.75 Å². The molecule has 0 aromatic heterocycles. The van der Waals surface area contributed by atoms with Gasteiger partial charge in [0, 0.05) is 0 Å². The molecule has 2 aromatic rings. The Bertz CT molecular complexity index is 809. The normalized spacial score (nSPS) is 11.3. The molecule has 0 amide bonds. The van der Waals surface area contributed by atoms with Crippen LogP contribution in [-0.4, -0.2) is 26.2 Å². The molecule has 0 bridgehead atoms. The summed E-state index contributed by atoms with van der Waals surface area (Å²) in [6, 6.07) is 14.8. The summed E-state index contributed by atoms with van der Waals surface area (Å²) in [7, 11) is -4.68. The average Bonchev–Trinajstić information content (AvgIpc) is 2.63. The van der Waals surface area contributed by atoms with Gasteiger partial charge in [0.1, 0.15) is 12.4 Å². The molecule has 9 heteroatoms. The third-order valence-corrected chi connectivity index (χ3v) is 3.91. The van der Waals surface area contributed by atoms with Gasteiger partial charge >= 0.3 is 29.6 Å². The van der Waals surface area contributed by atoms with E-state index in [4.69, 9.17) is 4.74 Å². The van der Waals surface area contributed by atoms with Gasteiger partial charge in [-0.05, 0) is 54.8 Å². The molecule has 0 aliphatic heterocycles. The Labute approximate surface area is 182 Å². The van der Waals surface area contributed by atoms with Gasteiger partial charge in [0.2, 0.25) is 10.4 Å². The minimum atomic E-state index is -4.68. The molecule has 0 saturated carbocycles. The second kappa shape index (κ2) is 12.2. The average molecular weight is 400 g/mol. The van der Waals surface area contributed by atoms with E-state index in [9.17, 15) is 13.0 Å². The first-order valence-electron chi connectivity index (χ1n) is 8.30. The molecule has 2 rings (SSSR count). The van der Waals surface area contributed by atoms with Gasteiger partial charge < -0.3 is 9.29 Å². The third kappa shape index (κ3) is 9.99. The molecule has 7 nitrogen and oxygen atoms in total. The maximum Gasteiger partial charge on any atom is 1.00 e. The van der Waals surface area contributed by atoms with Gasteiger partial charge in [-0.2, -0.15) is 10.2 Å². The maximum atomic E-state index is 10.3. The number of unbranched alkanes of at least 4 members (excludes halogenated alkanes) is 1. The Balaban J connectivity index is 0.00000364. The zero-order valence-corrected chi connectivity index (χ0v) is 18.3. The van der Waals surface area contributed by atoms with Crippen molar-refractivity contribution < 1.29 is 51.4 Å². The van der Waals surface area contributed by atoms with E-state index in [2.05, 4.69) is 33.5 Å². The molecule has 0 atom stereocenters. The van der Waals surface area contributed by atoms with Crippen LogP contribution in [-0.2, 0) is 21.0 Å². The van der Waals surface area contributed by atoms with Gasteiger partial charge in [-0.25, -0.2) is 8.42 Å². The Morgan fingerprint density at radius 2 is 1.48 bits per heavy atom. The van der Waals surface area contributed by atoms with Crippen molar-refractivity contribution in [1.82, 2.24) is 0 Å². The van der Waals surface area contributed by atoms with E-state index in [0.717, 1.165) is 12.1 Å². The largest absolute Gasteiger partial charge is 1.00 e. The van der Waals surface area contributed by atoms with Crippen LogP contribution < -0.4 is 34.3 Å². The van der Waals surface area contributed by atoms with Crippen molar-refractivity contribution in [3.63, 3.8) is 0 Å². The Hall–Kier alpha value is -1.29. The number of nitrogens with zero attached hydrogens (tertiary/aromatic N) is 2. The minimum absolute atomic E-state index is 0. The summed E-state index contributed by atoms with van der Waals surface area (Å²) < 4.78 is 40.2. The van der Waals surface area contributed by atoms with Crippen molar-refractivity contribution in [2.75, 3.05) is 13.2 Å². The molecular weight excluding hydrogens is 379 g/mol. The molecule has 0 N–H and O–H groups in total. The second-order valence-corrected chi connectivity index (χ2v) is 6.59. The van der Waals surface area contributed by atoms with Crippen LogP contribution in [0.15, 0.2) is 58.8 Å². The zero-order chi connectivity index (χ0) is 18.8. The van der Waals surface area contributed by atoms with Crippen molar-refractivity contribution in [2.45, 2.75) is 26.2 Å². The van der Waals surface area contributed by atoms with Crippen molar-refractivity contribution in [3.8, 4) is 5.75 Å². The van der Waals surface area contributed by atoms with Gasteiger partial charge in [-0.15, -0.1) is 0 Å². The van der Waals surface area contributed by atoms with Crippen molar-refractivity contribution in [3.05, 3.63) is 54.1 Å². The fraction of sp³-hybridized carbons (Fsp3) is 0.333. The standard InChI is InChI=1S/C18H22N2O5S.Na/c1-2-3-4-15-5-7-16(8-6-15)19-20-17-9-11-18(12-10-17)24-13-14-25-26(21,22)23;/h5-12H,2-4,13-14H2,1H3,(H,21,22,23);/q;+1/p-1. The number of benzene rings is 2. The number of hydrogen-bond acceptors (Lipinski definition) is 7. The Kier molecular flexibility index (Phi) is 10.8. The van der Waals surface area contributed by atoms with Gasteiger partial charge in [0.25, 0.3) is 0 Å². The Morgan fingerprint density at radius 1 is 0.926 bits per heavy atom. The van der Waals surface area contributed by atoms with E-state index in [1.54, 1.807) is 24.3 Å². The molecule has 2 aromatic carbocycles. The van der Waals surface area contributed by atoms with Crippen molar-refractivity contribution >= 4 is 21.8 Å². The van der Waals surface area contributed by atoms with Gasteiger partial charge in [-0.1, -0.05) is 25.5 Å². The zero-order valence-electron chi connectivity index (χ0n) is 15.5. The van der Waals surface area contributed by atoms with Gasteiger partial charge in [-0.3, -0.25) is 4.18 Å². The Morgan fingerprint density at radius 3 is 2.00 bits per heavy atom. The van der Waals surface area contributed by atoms with E-state index in [0.29, 0.717) is 11.4 Å². The quantitative estimate of drug-likeness (QED) is 0.197. The molecule has 0 heterocycles. The third-order valence-electron chi connectivity index (χ3n) is 3.45. The fourth-order valence-corrected chi connectivity index (χ4v) is 2.40. The summed E-state index contributed by atoms with van der Waals surface area (Å²) in [6.07, 6.45) is 3.42. The molecule has 0 radical (unpaired) electrons. The number of azo groups is 1. The topological polar surface area (TPSA) is 100 Å². The summed E-state index contributed by atoms with van der Waals surface area (Å²) in [5.41, 5.74) is 2.73. The smallest absolute Gasteiger partial charge is 0.726 e. The van der Waals surface area contributed by atoms with Crippen LogP contribution in [0.25, 0.3) is 0 Å². The van der Waals surface area contributed by atoms with Crippen molar-refractivity contribution in [1.29, 1.82) is 0 Å². The number of hydrogen-bond donors (Lipinski definition) is 0. The summed E-state index contributed by atoms with van der Waals surface area (Å²) >= 11 is 0. The summed E-state index contributed by atoms with van der Waals surface area (Å²) in [6.45, 7) is 1.79. The number of rotatable bonds is 10. The summed E-state index contributed by atoms with van der Waals surface area (Å²) in [5.74, 6) is 0.510. The van der Waals surface area contributed by atoms with Crippen LogP contribution in [0.4, 0.5) is 11.4 Å². The molecule has 27 heavy (non-hydrogen) atoms. The van der Waals surface area contributed by atoms with Crippen LogP contribution in [0, 0.1) is 0 Å². The predicted molar refractivity (Wildman–Crippen MR) is 96.8 cm³/mol. The van der Waals surface area contributed by atoms with Crippen LogP contribution in [0.3, 0.4) is 0 Å². The first kappa shape index (κ1) is 23.7. The predicted octanol–water partition coefficient (Wildman–Crippen LogP) is 1.30. The fourth-order valence-electron chi connectivity index (χ4n) is 2.13. The van der Waals surface area contributed by atoms with Gasteiger partial charge in [0.05, 0.1) is 18.0 Å². The summed E-state index contributed by atoms with van der Waals surface area (Å²) in [4.78, 5) is 0. The minimum Gasteiger partial charge on any atom is -0.726 e. The van der Waals surface area contributed by atoms with Crippen molar-refractivity contribution in [2.24, 2.45) is 10.2 Å². The first-order chi connectivity index (χ1) is 12.5. The van der Waals surface area contributed by atoms with Crippen LogP contribution in [0.2, 0.25) is 0 Å². The van der Waals surface area contributed by atoms with Crippen LogP contribution >= 0.6 is 0 Å². The van der Waals surface area contributed by atoms with E-state index in [-0.39, 0.29) is 42.8 Å². The van der Waals surface area contributed by atoms with Crippen LogP contribution in [0.1, 0.15) is 25.3 Å². The first-order valence-corrected chi connectivity index (χ1v) is 9.63. The molecule has 0 unspecified atom stereocenters. The molecule has 0 aliphatic carbocycles. The van der Waals surface area contributed by atoms with E-state index in [1.807, 2.05) is 12.1 Å². The summed E-state index contributed by atoms with van der Waals surface area (Å²) in [5, 5.41) is 8.36. The molecule has 0 aliphatic rings. The molecular formula is C18H21N2NaO5S. The second-order valence-electron chi connectivity index (χ2n) is 5.54. The molecule has 140 valence electrons. The molecule has 0 saturated heterocycles. The van der Waals surface area contributed by atoms with E-state index < -0.39 is 10.4 Å². The SMILES string of the molecule is CCCCc1ccc(N=Nc2ccc(OCCOS(=O)(=O)[O-])cc2)cc1.[Na+]. The monoisotopic (exact) mass is 400 g/mol.